The van der Waals surface area contributed by atoms with Crippen molar-refractivity contribution in [3.05, 3.63) is 64.3 Å². The van der Waals surface area contributed by atoms with Crippen molar-refractivity contribution in [2.24, 2.45) is 5.11 Å². The molecule has 0 saturated carbocycles. The van der Waals surface area contributed by atoms with Gasteiger partial charge in [-0.25, -0.2) is 0 Å². The first-order chi connectivity index (χ1) is 11.7. The summed E-state index contributed by atoms with van der Waals surface area (Å²) in [6, 6.07) is 10.5. The van der Waals surface area contributed by atoms with Gasteiger partial charge in [-0.2, -0.15) is 0 Å². The predicted octanol–water partition coefficient (Wildman–Crippen LogP) is 4.23. The van der Waals surface area contributed by atoms with Crippen LogP contribution in [0.15, 0.2) is 47.7 Å². The SMILES string of the molecule is COCc1ccc(-c2ccc([C@@H](OC)[C@@H](CF)N=[N+]=[N-])cc2)cn1. The van der Waals surface area contributed by atoms with Gasteiger partial charge >= 0.3 is 0 Å². The minimum Gasteiger partial charge on any atom is -0.378 e. The lowest BCUT2D eigenvalue weighted by atomic mass is 9.99. The summed E-state index contributed by atoms with van der Waals surface area (Å²) < 4.78 is 23.4. The number of nitrogens with zero attached hydrogens (tertiary/aromatic N) is 4. The number of rotatable bonds is 8. The van der Waals surface area contributed by atoms with E-state index in [1.54, 1.807) is 13.3 Å². The van der Waals surface area contributed by atoms with Crippen LogP contribution in [0.4, 0.5) is 4.39 Å². The molecule has 0 radical (unpaired) electrons. The Morgan fingerprint density at radius 3 is 2.38 bits per heavy atom. The zero-order valence-electron chi connectivity index (χ0n) is 13.6. The van der Waals surface area contributed by atoms with E-state index < -0.39 is 18.8 Å². The summed E-state index contributed by atoms with van der Waals surface area (Å²) in [5.41, 5.74) is 12.1. The number of azide groups is 1. The Hall–Kier alpha value is -2.47. The Morgan fingerprint density at radius 1 is 1.17 bits per heavy atom. The molecule has 1 aromatic heterocycles. The molecule has 0 bridgehead atoms. The molecule has 0 N–H and O–H groups in total. The van der Waals surface area contributed by atoms with Gasteiger partial charge < -0.3 is 9.47 Å². The summed E-state index contributed by atoms with van der Waals surface area (Å²) >= 11 is 0. The first-order valence-corrected chi connectivity index (χ1v) is 7.40. The lowest BCUT2D eigenvalue weighted by molar-refractivity contribution is 0.0722. The quantitative estimate of drug-likeness (QED) is 0.412. The van der Waals surface area contributed by atoms with Crippen molar-refractivity contribution in [1.82, 2.24) is 4.98 Å². The van der Waals surface area contributed by atoms with Crippen molar-refractivity contribution in [2.45, 2.75) is 18.8 Å². The fourth-order valence-electron chi connectivity index (χ4n) is 2.45. The second kappa shape index (κ2) is 8.98. The number of pyridine rings is 1. The minimum atomic E-state index is -0.888. The van der Waals surface area contributed by atoms with Gasteiger partial charge in [0.1, 0.15) is 6.67 Å². The first kappa shape index (κ1) is 17.9. The van der Waals surface area contributed by atoms with Crippen LogP contribution in [0.25, 0.3) is 21.6 Å². The third-order valence-electron chi connectivity index (χ3n) is 3.65. The molecule has 0 aliphatic heterocycles. The predicted molar refractivity (Wildman–Crippen MR) is 89.0 cm³/mol. The third kappa shape index (κ3) is 4.29. The molecule has 2 rings (SSSR count). The topological polar surface area (TPSA) is 80.1 Å². The monoisotopic (exact) mass is 330 g/mol. The van der Waals surface area contributed by atoms with Gasteiger partial charge in [0.25, 0.3) is 0 Å². The van der Waals surface area contributed by atoms with Crippen molar-refractivity contribution in [1.29, 1.82) is 0 Å². The van der Waals surface area contributed by atoms with Crippen molar-refractivity contribution in [3.63, 3.8) is 0 Å². The van der Waals surface area contributed by atoms with Gasteiger partial charge in [0.2, 0.25) is 0 Å². The molecular weight excluding hydrogens is 311 g/mol. The van der Waals surface area contributed by atoms with E-state index in [1.165, 1.54) is 7.11 Å². The Balaban J connectivity index is 2.21. The molecule has 1 heterocycles. The number of methoxy groups -OCH3 is 2. The average molecular weight is 330 g/mol. The maximum Gasteiger partial charge on any atom is 0.101 e. The molecule has 0 saturated heterocycles. The van der Waals surface area contributed by atoms with E-state index in [1.807, 2.05) is 36.4 Å². The van der Waals surface area contributed by atoms with Gasteiger partial charge in [-0.15, -0.1) is 0 Å². The summed E-state index contributed by atoms with van der Waals surface area (Å²) in [4.78, 5) is 7.01. The molecule has 2 aromatic rings. The smallest absolute Gasteiger partial charge is 0.101 e. The first-order valence-electron chi connectivity index (χ1n) is 7.40. The van der Waals surface area contributed by atoms with E-state index in [0.717, 1.165) is 22.4 Å². The average Bonchev–Trinajstić information content (AvgIpc) is 2.63. The standard InChI is InChI=1S/C17H19FN4O2/c1-23-11-15-8-7-14(10-20-15)12-3-5-13(6-4-12)17(24-2)16(9-18)21-22-19/h3-8,10,16-17H,9,11H2,1-2H3/t16-,17-/m1/s1. The molecule has 0 aliphatic rings. The van der Waals surface area contributed by atoms with Crippen molar-refractivity contribution in [3.8, 4) is 11.1 Å². The van der Waals surface area contributed by atoms with Crippen molar-refractivity contribution in [2.75, 3.05) is 20.9 Å². The Labute approximate surface area is 139 Å². The number of benzene rings is 1. The zero-order valence-corrected chi connectivity index (χ0v) is 13.6. The van der Waals surface area contributed by atoms with Crippen LogP contribution in [0.5, 0.6) is 0 Å². The molecule has 7 heteroatoms. The molecule has 0 spiro atoms. The summed E-state index contributed by atoms with van der Waals surface area (Å²) in [6.07, 6.45) is 1.16. The minimum absolute atomic E-state index is 0.471. The number of aromatic nitrogens is 1. The fraction of sp³-hybridized carbons (Fsp3) is 0.353. The highest BCUT2D eigenvalue weighted by molar-refractivity contribution is 5.62. The van der Waals surface area contributed by atoms with E-state index >= 15 is 0 Å². The largest absolute Gasteiger partial charge is 0.378 e. The highest BCUT2D eigenvalue weighted by Gasteiger charge is 2.22. The van der Waals surface area contributed by atoms with Crippen LogP contribution in [-0.2, 0) is 16.1 Å². The van der Waals surface area contributed by atoms with Crippen molar-refractivity contribution >= 4 is 0 Å². The van der Waals surface area contributed by atoms with Crippen LogP contribution in [0, 0.1) is 0 Å². The summed E-state index contributed by atoms with van der Waals surface area (Å²) in [5, 5.41) is 3.46. The molecule has 2 atom stereocenters. The molecule has 126 valence electrons. The maximum absolute atomic E-state index is 13.0. The maximum atomic E-state index is 13.0. The molecule has 1 aromatic carbocycles. The van der Waals surface area contributed by atoms with Gasteiger partial charge in [-0.3, -0.25) is 9.37 Å². The molecule has 24 heavy (non-hydrogen) atoms. The van der Waals surface area contributed by atoms with Crippen LogP contribution in [0.2, 0.25) is 0 Å². The van der Waals surface area contributed by atoms with Gasteiger partial charge in [0, 0.05) is 30.9 Å². The van der Waals surface area contributed by atoms with E-state index in [9.17, 15) is 4.39 Å². The number of hydrogen-bond donors (Lipinski definition) is 0. The molecule has 0 aliphatic carbocycles. The molecule has 6 nitrogen and oxygen atoms in total. The van der Waals surface area contributed by atoms with Crippen LogP contribution in [0.1, 0.15) is 17.4 Å². The Bertz CT molecular complexity index is 685. The zero-order chi connectivity index (χ0) is 17.4. The van der Waals surface area contributed by atoms with Gasteiger partial charge in [0.15, 0.2) is 0 Å². The normalized spacial score (nSPS) is 13.1. The number of alkyl halides is 1. The number of ether oxygens (including phenoxy) is 2. The van der Waals surface area contributed by atoms with E-state index in [-0.39, 0.29) is 0 Å². The molecule has 0 unspecified atom stereocenters. The van der Waals surface area contributed by atoms with E-state index in [2.05, 4.69) is 15.0 Å². The summed E-state index contributed by atoms with van der Waals surface area (Å²) in [7, 11) is 3.09. The molecular formula is C17H19FN4O2. The van der Waals surface area contributed by atoms with Crippen LogP contribution >= 0.6 is 0 Å². The van der Waals surface area contributed by atoms with E-state index in [0.29, 0.717) is 6.61 Å². The summed E-state index contributed by atoms with van der Waals surface area (Å²) in [6.45, 7) is -0.312. The Morgan fingerprint density at radius 2 is 1.88 bits per heavy atom. The lowest BCUT2D eigenvalue weighted by Gasteiger charge is -2.20. The van der Waals surface area contributed by atoms with Crippen molar-refractivity contribution < 1.29 is 13.9 Å². The third-order valence-corrected chi connectivity index (χ3v) is 3.65. The van der Waals surface area contributed by atoms with Crippen LogP contribution < -0.4 is 0 Å². The van der Waals surface area contributed by atoms with Crippen LogP contribution in [-0.4, -0.2) is 31.9 Å². The highest BCUT2D eigenvalue weighted by Crippen LogP contribution is 2.27. The summed E-state index contributed by atoms with van der Waals surface area (Å²) in [5.74, 6) is 0. The van der Waals surface area contributed by atoms with Gasteiger partial charge in [0.05, 0.1) is 24.4 Å². The van der Waals surface area contributed by atoms with Crippen LogP contribution in [0.3, 0.4) is 0 Å². The number of halogens is 1. The number of hydrogen-bond acceptors (Lipinski definition) is 4. The second-order valence-corrected chi connectivity index (χ2v) is 5.18. The Kier molecular flexibility index (Phi) is 6.69. The van der Waals surface area contributed by atoms with Gasteiger partial charge in [-0.1, -0.05) is 35.4 Å². The van der Waals surface area contributed by atoms with E-state index in [4.69, 9.17) is 15.0 Å². The lowest BCUT2D eigenvalue weighted by Crippen LogP contribution is -2.20. The molecule has 0 amide bonds. The highest BCUT2D eigenvalue weighted by atomic mass is 19.1. The second-order valence-electron chi connectivity index (χ2n) is 5.18. The van der Waals surface area contributed by atoms with Gasteiger partial charge in [-0.05, 0) is 22.7 Å². The fourth-order valence-corrected chi connectivity index (χ4v) is 2.45. The molecule has 0 fully saturated rings.